The van der Waals surface area contributed by atoms with Gasteiger partial charge in [0.15, 0.2) is 6.17 Å². The number of hydrogen-bond donors (Lipinski definition) is 1. The summed E-state index contributed by atoms with van der Waals surface area (Å²) in [5, 5.41) is 17.3. The Morgan fingerprint density at radius 2 is 1.91 bits per heavy atom. The van der Waals surface area contributed by atoms with E-state index in [9.17, 15) is 22.7 Å². The van der Waals surface area contributed by atoms with E-state index in [0.29, 0.717) is 5.89 Å². The van der Waals surface area contributed by atoms with E-state index in [-0.39, 0.29) is 23.4 Å². The second-order valence-corrected chi connectivity index (χ2v) is 4.85. The van der Waals surface area contributed by atoms with Gasteiger partial charge in [0.05, 0.1) is 12.5 Å². The van der Waals surface area contributed by atoms with Gasteiger partial charge in [-0.25, -0.2) is 17.6 Å². The lowest BCUT2D eigenvalue weighted by molar-refractivity contribution is 0.0503. The second kappa shape index (κ2) is 6.87. The van der Waals surface area contributed by atoms with Crippen molar-refractivity contribution in [1.29, 1.82) is 0 Å². The zero-order valence-electron chi connectivity index (χ0n) is 11.6. The highest BCUT2D eigenvalue weighted by atomic mass is 19.3. The number of nitrogens with zero attached hydrogens (tertiary/aromatic N) is 2. The van der Waals surface area contributed by atoms with Crippen LogP contribution in [0, 0.1) is 12.7 Å². The van der Waals surface area contributed by atoms with E-state index in [0.717, 1.165) is 12.1 Å². The number of halogens is 4. The SMILES string of the molecule is Cc1nnc(CC(O)c2cc(CC(F)C(F)F)ccc2F)o1. The number of aryl methyl sites for hydroxylation is 1. The molecule has 0 aliphatic heterocycles. The summed E-state index contributed by atoms with van der Waals surface area (Å²) in [5.41, 5.74) is 0.0415. The van der Waals surface area contributed by atoms with E-state index >= 15 is 0 Å². The largest absolute Gasteiger partial charge is 0.425 e. The van der Waals surface area contributed by atoms with E-state index in [1.165, 1.54) is 6.07 Å². The Balaban J connectivity index is 2.15. The molecule has 0 fully saturated rings. The number of alkyl halides is 3. The van der Waals surface area contributed by atoms with Crippen molar-refractivity contribution in [1.82, 2.24) is 10.2 Å². The number of aromatic nitrogens is 2. The van der Waals surface area contributed by atoms with Gasteiger partial charge in [0.1, 0.15) is 5.82 Å². The van der Waals surface area contributed by atoms with Gasteiger partial charge in [-0.2, -0.15) is 0 Å². The molecule has 1 heterocycles. The summed E-state index contributed by atoms with van der Waals surface area (Å²) in [6.07, 6.45) is -7.44. The number of benzene rings is 1. The third-order valence-corrected chi connectivity index (χ3v) is 3.06. The molecule has 0 spiro atoms. The van der Waals surface area contributed by atoms with Crippen molar-refractivity contribution in [3.63, 3.8) is 0 Å². The van der Waals surface area contributed by atoms with E-state index in [1.54, 1.807) is 6.92 Å². The quantitative estimate of drug-likeness (QED) is 0.832. The van der Waals surface area contributed by atoms with Crippen LogP contribution in [0.2, 0.25) is 0 Å². The molecule has 0 bridgehead atoms. The first-order valence-corrected chi connectivity index (χ1v) is 6.54. The molecule has 1 aromatic carbocycles. The second-order valence-electron chi connectivity index (χ2n) is 4.85. The predicted octanol–water partition coefficient (Wildman–Crippen LogP) is 2.94. The molecule has 22 heavy (non-hydrogen) atoms. The normalized spacial score (nSPS) is 14.3. The minimum absolute atomic E-state index is 0.116. The lowest BCUT2D eigenvalue weighted by atomic mass is 10.00. The molecule has 0 radical (unpaired) electrons. The van der Waals surface area contributed by atoms with Crippen molar-refractivity contribution in [3.05, 3.63) is 46.9 Å². The van der Waals surface area contributed by atoms with Crippen molar-refractivity contribution in [2.24, 2.45) is 0 Å². The van der Waals surface area contributed by atoms with Gasteiger partial charge in [-0.3, -0.25) is 0 Å². The summed E-state index contributed by atoms with van der Waals surface area (Å²) in [4.78, 5) is 0. The fourth-order valence-electron chi connectivity index (χ4n) is 1.99. The molecule has 2 rings (SSSR count). The molecule has 2 unspecified atom stereocenters. The van der Waals surface area contributed by atoms with Gasteiger partial charge in [0.2, 0.25) is 11.8 Å². The summed E-state index contributed by atoms with van der Waals surface area (Å²) in [6, 6.07) is 3.38. The lowest BCUT2D eigenvalue weighted by Crippen LogP contribution is -2.15. The molecule has 2 atom stereocenters. The first-order valence-electron chi connectivity index (χ1n) is 6.54. The molecule has 0 saturated heterocycles. The number of aliphatic hydroxyl groups is 1. The highest BCUT2D eigenvalue weighted by Gasteiger charge is 2.22. The third-order valence-electron chi connectivity index (χ3n) is 3.06. The summed E-state index contributed by atoms with van der Waals surface area (Å²) in [6.45, 7) is 1.57. The Kier molecular flexibility index (Phi) is 5.12. The minimum atomic E-state index is -3.11. The van der Waals surface area contributed by atoms with E-state index in [1.807, 2.05) is 0 Å². The molecule has 2 aromatic rings. The summed E-state index contributed by atoms with van der Waals surface area (Å²) >= 11 is 0. The highest BCUT2D eigenvalue weighted by Crippen LogP contribution is 2.23. The lowest BCUT2D eigenvalue weighted by Gasteiger charge is -2.13. The average Bonchev–Trinajstić information content (AvgIpc) is 2.85. The van der Waals surface area contributed by atoms with Crippen LogP contribution in [0.15, 0.2) is 22.6 Å². The molecular formula is C14H14F4N2O2. The van der Waals surface area contributed by atoms with E-state index in [4.69, 9.17) is 4.42 Å². The Labute approximate surface area is 123 Å². The van der Waals surface area contributed by atoms with Crippen LogP contribution in [-0.2, 0) is 12.8 Å². The van der Waals surface area contributed by atoms with Gasteiger partial charge < -0.3 is 9.52 Å². The minimum Gasteiger partial charge on any atom is -0.425 e. The number of rotatable bonds is 6. The summed E-state index contributed by atoms with van der Waals surface area (Å²) in [5.74, 6) is -0.306. The molecular weight excluding hydrogens is 304 g/mol. The summed E-state index contributed by atoms with van der Waals surface area (Å²) in [7, 11) is 0. The first kappa shape index (κ1) is 16.4. The van der Waals surface area contributed by atoms with Crippen LogP contribution < -0.4 is 0 Å². The molecule has 4 nitrogen and oxygen atoms in total. The first-order chi connectivity index (χ1) is 10.4. The predicted molar refractivity (Wildman–Crippen MR) is 68.7 cm³/mol. The zero-order valence-corrected chi connectivity index (χ0v) is 11.6. The molecule has 0 saturated carbocycles. The Hall–Kier alpha value is -1.96. The van der Waals surface area contributed by atoms with Crippen LogP contribution in [-0.4, -0.2) is 27.9 Å². The van der Waals surface area contributed by atoms with Crippen LogP contribution in [0.25, 0.3) is 0 Å². The van der Waals surface area contributed by atoms with Crippen molar-refractivity contribution >= 4 is 0 Å². The van der Waals surface area contributed by atoms with Crippen molar-refractivity contribution in [2.45, 2.75) is 38.5 Å². The molecule has 1 N–H and O–H groups in total. The van der Waals surface area contributed by atoms with Crippen LogP contribution >= 0.6 is 0 Å². The van der Waals surface area contributed by atoms with Gasteiger partial charge in [-0.15, -0.1) is 10.2 Å². The van der Waals surface area contributed by atoms with Gasteiger partial charge in [0, 0.05) is 18.9 Å². The van der Waals surface area contributed by atoms with Crippen LogP contribution in [0.4, 0.5) is 17.6 Å². The third kappa shape index (κ3) is 4.03. The van der Waals surface area contributed by atoms with Gasteiger partial charge in [0.25, 0.3) is 6.43 Å². The smallest absolute Gasteiger partial charge is 0.269 e. The van der Waals surface area contributed by atoms with Crippen molar-refractivity contribution < 1.29 is 27.1 Å². The fraction of sp³-hybridized carbons (Fsp3) is 0.429. The standard InChI is InChI=1S/C14H14F4N2O2/c1-7-19-20-13(22-7)6-12(21)9-4-8(2-3-10(9)15)5-11(16)14(17)18/h2-4,11-12,14,21H,5-6H2,1H3. The van der Waals surface area contributed by atoms with E-state index < -0.39 is 30.9 Å². The van der Waals surface area contributed by atoms with E-state index in [2.05, 4.69) is 10.2 Å². The van der Waals surface area contributed by atoms with Gasteiger partial charge >= 0.3 is 0 Å². The van der Waals surface area contributed by atoms with Crippen molar-refractivity contribution in [3.8, 4) is 0 Å². The fourth-order valence-corrected chi connectivity index (χ4v) is 1.99. The molecule has 1 aromatic heterocycles. The Morgan fingerprint density at radius 1 is 1.18 bits per heavy atom. The maximum atomic E-state index is 13.8. The Bertz CT molecular complexity index is 633. The topological polar surface area (TPSA) is 59.2 Å². The molecule has 8 heteroatoms. The maximum absolute atomic E-state index is 13.8. The molecule has 0 aliphatic rings. The number of hydrogen-bond acceptors (Lipinski definition) is 4. The molecule has 120 valence electrons. The van der Waals surface area contributed by atoms with Crippen LogP contribution in [0.1, 0.15) is 29.0 Å². The van der Waals surface area contributed by atoms with Gasteiger partial charge in [-0.05, 0) is 11.6 Å². The Morgan fingerprint density at radius 3 is 2.50 bits per heavy atom. The molecule has 0 amide bonds. The monoisotopic (exact) mass is 318 g/mol. The van der Waals surface area contributed by atoms with Crippen LogP contribution in [0.5, 0.6) is 0 Å². The number of aliphatic hydroxyl groups excluding tert-OH is 1. The van der Waals surface area contributed by atoms with Gasteiger partial charge in [-0.1, -0.05) is 12.1 Å². The summed E-state index contributed by atoms with van der Waals surface area (Å²) < 4.78 is 56.3. The highest BCUT2D eigenvalue weighted by molar-refractivity contribution is 5.28. The maximum Gasteiger partial charge on any atom is 0.269 e. The van der Waals surface area contributed by atoms with Crippen LogP contribution in [0.3, 0.4) is 0 Å². The molecule has 0 aliphatic carbocycles. The van der Waals surface area contributed by atoms with Crippen molar-refractivity contribution in [2.75, 3.05) is 0 Å². The zero-order chi connectivity index (χ0) is 16.3. The average molecular weight is 318 g/mol.